The number of hydrogen-bond donors (Lipinski definition) is 2. The normalized spacial score (nSPS) is 34.0. The molecule has 20 heavy (non-hydrogen) atoms. The summed E-state index contributed by atoms with van der Waals surface area (Å²) in [6.07, 6.45) is -4.68. The topological polar surface area (TPSA) is 156 Å². The van der Waals surface area contributed by atoms with E-state index < -0.39 is 36.2 Å². The van der Waals surface area contributed by atoms with Crippen LogP contribution in [0.15, 0.2) is 10.2 Å². The summed E-state index contributed by atoms with van der Waals surface area (Å²) in [4.78, 5) is 5.20. The minimum atomic E-state index is -1.37. The van der Waals surface area contributed by atoms with Gasteiger partial charge < -0.3 is 19.7 Å². The molecule has 1 aliphatic heterocycles. The number of rotatable bonds is 4. The summed E-state index contributed by atoms with van der Waals surface area (Å²) in [5.74, 6) is 0. The lowest BCUT2D eigenvalue weighted by atomic mass is 9.97. The number of nitrogens with zero attached hydrogens (tertiary/aromatic N) is 6. The van der Waals surface area contributed by atoms with Crippen molar-refractivity contribution in [2.75, 3.05) is 6.54 Å². The zero-order valence-electron chi connectivity index (χ0n) is 11.5. The standard InChI is InChI=1S/C10H18N6O4/c1-10(2,3)20-9-6(14-16-12)8(18)7(17)5(19-9)4-13-15-11/h5-9,17-18H,4H2,1-3H3/t5?,6?,7-,8+,9+/m0/s1. The molecule has 0 aromatic carbocycles. The molecule has 1 aliphatic rings. The first kappa shape index (κ1) is 16.5. The van der Waals surface area contributed by atoms with Gasteiger partial charge in [0.25, 0.3) is 0 Å². The molecule has 1 fully saturated rings. The van der Waals surface area contributed by atoms with Crippen LogP contribution in [0.1, 0.15) is 20.8 Å². The third-order valence-electron chi connectivity index (χ3n) is 2.65. The van der Waals surface area contributed by atoms with E-state index in [0.717, 1.165) is 0 Å². The van der Waals surface area contributed by atoms with Gasteiger partial charge in [-0.25, -0.2) is 0 Å². The van der Waals surface area contributed by atoms with Crippen LogP contribution < -0.4 is 0 Å². The predicted octanol–water partition coefficient (Wildman–Crippen LogP) is 1.24. The number of aliphatic hydroxyl groups is 2. The molecule has 0 saturated carbocycles. The van der Waals surface area contributed by atoms with E-state index in [9.17, 15) is 10.2 Å². The smallest absolute Gasteiger partial charge is 0.169 e. The van der Waals surface area contributed by atoms with E-state index in [1.54, 1.807) is 20.8 Å². The van der Waals surface area contributed by atoms with Gasteiger partial charge in [0, 0.05) is 9.82 Å². The Hall–Kier alpha value is -1.54. The summed E-state index contributed by atoms with van der Waals surface area (Å²) < 4.78 is 11.0. The van der Waals surface area contributed by atoms with Gasteiger partial charge in [-0.15, -0.1) is 0 Å². The van der Waals surface area contributed by atoms with Gasteiger partial charge in [-0.2, -0.15) is 0 Å². The maximum Gasteiger partial charge on any atom is 0.169 e. The molecule has 0 bridgehead atoms. The fourth-order valence-corrected chi connectivity index (χ4v) is 1.81. The van der Waals surface area contributed by atoms with Crippen LogP contribution in [0.3, 0.4) is 0 Å². The number of aliphatic hydroxyl groups excluding tert-OH is 2. The van der Waals surface area contributed by atoms with Crippen molar-refractivity contribution in [3.63, 3.8) is 0 Å². The molecule has 0 aromatic rings. The Morgan fingerprint density at radius 1 is 1.20 bits per heavy atom. The molecule has 0 amide bonds. The van der Waals surface area contributed by atoms with E-state index in [1.807, 2.05) is 0 Å². The lowest BCUT2D eigenvalue weighted by Gasteiger charge is -2.42. The second-order valence-electron chi connectivity index (χ2n) is 5.36. The van der Waals surface area contributed by atoms with Crippen molar-refractivity contribution in [2.24, 2.45) is 10.2 Å². The minimum Gasteiger partial charge on any atom is -0.390 e. The Balaban J connectivity index is 2.96. The Kier molecular flexibility index (Phi) is 5.58. The molecule has 1 saturated heterocycles. The van der Waals surface area contributed by atoms with Crippen molar-refractivity contribution in [3.8, 4) is 0 Å². The number of hydrogen-bond acceptors (Lipinski definition) is 6. The van der Waals surface area contributed by atoms with Gasteiger partial charge in [-0.3, -0.25) is 0 Å². The minimum absolute atomic E-state index is 0.165. The van der Waals surface area contributed by atoms with Gasteiger partial charge in [0.05, 0.1) is 24.4 Å². The molecule has 1 rings (SSSR count). The lowest BCUT2D eigenvalue weighted by molar-refractivity contribution is -0.281. The van der Waals surface area contributed by atoms with Crippen molar-refractivity contribution in [2.45, 2.75) is 57.0 Å². The fourth-order valence-electron chi connectivity index (χ4n) is 1.81. The molecule has 1 heterocycles. The Morgan fingerprint density at radius 3 is 2.35 bits per heavy atom. The van der Waals surface area contributed by atoms with E-state index in [2.05, 4.69) is 20.1 Å². The molecule has 0 radical (unpaired) electrons. The van der Waals surface area contributed by atoms with E-state index in [-0.39, 0.29) is 6.54 Å². The van der Waals surface area contributed by atoms with Crippen molar-refractivity contribution >= 4 is 0 Å². The van der Waals surface area contributed by atoms with Gasteiger partial charge in [0.2, 0.25) is 0 Å². The number of ether oxygens (including phenoxy) is 2. The highest BCUT2D eigenvalue weighted by Crippen LogP contribution is 2.28. The molecule has 2 N–H and O–H groups in total. The first-order valence-corrected chi connectivity index (χ1v) is 6.04. The van der Waals surface area contributed by atoms with Crippen molar-refractivity contribution < 1.29 is 19.7 Å². The Morgan fingerprint density at radius 2 is 1.85 bits per heavy atom. The van der Waals surface area contributed by atoms with Crippen LogP contribution in [-0.4, -0.2) is 53.0 Å². The average Bonchev–Trinajstić information content (AvgIpc) is 2.35. The first-order valence-electron chi connectivity index (χ1n) is 6.04. The van der Waals surface area contributed by atoms with Crippen LogP contribution in [0.25, 0.3) is 20.9 Å². The second-order valence-corrected chi connectivity index (χ2v) is 5.36. The SMILES string of the molecule is CC(C)(C)O[C@H]1OC(CN=[N+]=[N-])[C@H](O)[C@H](O)C1N=[N+]=[N-]. The molecule has 0 aromatic heterocycles. The summed E-state index contributed by atoms with van der Waals surface area (Å²) >= 11 is 0. The highest BCUT2D eigenvalue weighted by Gasteiger charge is 2.45. The predicted molar refractivity (Wildman–Crippen MR) is 68.5 cm³/mol. The van der Waals surface area contributed by atoms with Gasteiger partial charge >= 0.3 is 0 Å². The van der Waals surface area contributed by atoms with Crippen molar-refractivity contribution in [1.29, 1.82) is 0 Å². The van der Waals surface area contributed by atoms with Crippen LogP contribution in [0.5, 0.6) is 0 Å². The monoisotopic (exact) mass is 286 g/mol. The van der Waals surface area contributed by atoms with Crippen molar-refractivity contribution in [1.82, 2.24) is 0 Å². The largest absolute Gasteiger partial charge is 0.390 e. The van der Waals surface area contributed by atoms with Crippen molar-refractivity contribution in [3.05, 3.63) is 20.9 Å². The summed E-state index contributed by atoms with van der Waals surface area (Å²) in [6, 6.07) is -1.09. The van der Waals surface area contributed by atoms with Gasteiger partial charge in [-0.1, -0.05) is 10.2 Å². The summed E-state index contributed by atoms with van der Waals surface area (Å²) in [6.45, 7) is 5.14. The Labute approximate surface area is 115 Å². The average molecular weight is 286 g/mol. The van der Waals surface area contributed by atoms with Crippen LogP contribution >= 0.6 is 0 Å². The third kappa shape index (κ3) is 4.24. The van der Waals surface area contributed by atoms with Gasteiger partial charge in [0.1, 0.15) is 12.1 Å². The molecule has 10 heteroatoms. The summed E-state index contributed by atoms with van der Waals surface area (Å²) in [7, 11) is 0. The second kappa shape index (κ2) is 6.76. The van der Waals surface area contributed by atoms with Gasteiger partial charge in [0.15, 0.2) is 6.29 Å². The first-order chi connectivity index (χ1) is 9.30. The zero-order valence-corrected chi connectivity index (χ0v) is 11.5. The molecule has 5 atom stereocenters. The zero-order chi connectivity index (χ0) is 15.3. The Bertz CT molecular complexity index is 424. The highest BCUT2D eigenvalue weighted by atomic mass is 16.7. The molecular formula is C10H18N6O4. The van der Waals surface area contributed by atoms with Crippen LogP contribution in [-0.2, 0) is 9.47 Å². The number of azide groups is 2. The lowest BCUT2D eigenvalue weighted by Crippen LogP contribution is -2.59. The maximum absolute atomic E-state index is 10.00. The van der Waals surface area contributed by atoms with E-state index >= 15 is 0 Å². The fraction of sp³-hybridized carbons (Fsp3) is 1.00. The molecular weight excluding hydrogens is 268 g/mol. The van der Waals surface area contributed by atoms with E-state index in [0.29, 0.717) is 0 Å². The molecule has 10 nitrogen and oxygen atoms in total. The quantitative estimate of drug-likeness (QED) is 0.452. The molecule has 0 spiro atoms. The van der Waals surface area contributed by atoms with Gasteiger partial charge in [-0.05, 0) is 31.8 Å². The van der Waals surface area contributed by atoms with E-state index in [1.165, 1.54) is 0 Å². The molecule has 2 unspecified atom stereocenters. The van der Waals surface area contributed by atoms with E-state index in [4.69, 9.17) is 20.5 Å². The van der Waals surface area contributed by atoms with Crippen LogP contribution in [0, 0.1) is 0 Å². The molecule has 112 valence electrons. The summed E-state index contributed by atoms with van der Waals surface area (Å²) in [5, 5.41) is 26.6. The third-order valence-corrected chi connectivity index (χ3v) is 2.65. The highest BCUT2D eigenvalue weighted by molar-refractivity contribution is 4.95. The van der Waals surface area contributed by atoms with Crippen LogP contribution in [0.2, 0.25) is 0 Å². The van der Waals surface area contributed by atoms with Crippen LogP contribution in [0.4, 0.5) is 0 Å². The molecule has 0 aliphatic carbocycles. The maximum atomic E-state index is 10.00. The summed E-state index contributed by atoms with van der Waals surface area (Å²) in [5.41, 5.74) is 16.2.